The van der Waals surface area contributed by atoms with Gasteiger partial charge in [-0.25, -0.2) is 0 Å². The van der Waals surface area contributed by atoms with Crippen LogP contribution in [0.15, 0.2) is 29.2 Å². The summed E-state index contributed by atoms with van der Waals surface area (Å²) in [5.41, 5.74) is -4.21. The average Bonchev–Trinajstić information content (AvgIpc) is 2.36. The summed E-state index contributed by atoms with van der Waals surface area (Å²) < 4.78 is 37.2. The fraction of sp³-hybridized carbons (Fsp3) is 0.462. The largest absolute Gasteiger partial charge is 0.446 e. The Labute approximate surface area is 120 Å². The molecule has 0 aromatic heterocycles. The van der Waals surface area contributed by atoms with Crippen molar-refractivity contribution in [3.63, 3.8) is 0 Å². The molecule has 1 aromatic carbocycles. The van der Waals surface area contributed by atoms with Gasteiger partial charge in [0.05, 0.1) is 12.2 Å². The number of hydrogen-bond acceptors (Lipinski definition) is 3. The first-order valence-corrected chi connectivity index (χ1v) is 7.01. The van der Waals surface area contributed by atoms with E-state index in [-0.39, 0.29) is 40.8 Å². The van der Waals surface area contributed by atoms with Gasteiger partial charge >= 0.3 is 5.51 Å². The van der Waals surface area contributed by atoms with E-state index < -0.39 is 5.51 Å². The number of nitrogens with one attached hydrogen (secondary N) is 2. The third kappa shape index (κ3) is 6.29. The Bertz CT molecular complexity index is 451. The second kappa shape index (κ2) is 7.54. The lowest BCUT2D eigenvalue weighted by Crippen LogP contribution is -2.34. The first-order valence-electron chi connectivity index (χ1n) is 6.20. The van der Waals surface area contributed by atoms with Crippen LogP contribution >= 0.6 is 11.8 Å². The van der Waals surface area contributed by atoms with Crippen LogP contribution in [0.3, 0.4) is 0 Å². The van der Waals surface area contributed by atoms with Crippen LogP contribution in [0.5, 0.6) is 0 Å². The molecule has 0 fully saturated rings. The quantitative estimate of drug-likeness (QED) is 0.789. The van der Waals surface area contributed by atoms with Gasteiger partial charge in [-0.1, -0.05) is 19.1 Å². The van der Waals surface area contributed by atoms with Crippen LogP contribution in [0, 0.1) is 0 Å². The molecule has 1 atom stereocenters. The predicted molar refractivity (Wildman–Crippen MR) is 74.7 cm³/mol. The average molecular weight is 306 g/mol. The zero-order chi connectivity index (χ0) is 15.2. The van der Waals surface area contributed by atoms with Crippen LogP contribution in [-0.4, -0.2) is 24.0 Å². The van der Waals surface area contributed by atoms with E-state index in [1.54, 1.807) is 6.07 Å². The highest BCUT2D eigenvalue weighted by Crippen LogP contribution is 2.40. The zero-order valence-corrected chi connectivity index (χ0v) is 12.1. The molecule has 1 aromatic rings. The molecule has 0 spiro atoms. The van der Waals surface area contributed by atoms with Gasteiger partial charge in [-0.3, -0.25) is 4.79 Å². The minimum atomic E-state index is -4.38. The van der Waals surface area contributed by atoms with Crippen molar-refractivity contribution in [1.29, 1.82) is 0 Å². The molecule has 0 radical (unpaired) electrons. The summed E-state index contributed by atoms with van der Waals surface area (Å²) in [6.07, 6.45) is 0.869. The van der Waals surface area contributed by atoms with E-state index in [2.05, 4.69) is 10.6 Å². The lowest BCUT2D eigenvalue weighted by molar-refractivity contribution is -0.115. The second-order valence-corrected chi connectivity index (χ2v) is 5.39. The molecule has 2 N–H and O–H groups in total. The molecule has 0 aliphatic rings. The van der Waals surface area contributed by atoms with Crippen LogP contribution in [0.2, 0.25) is 0 Å². The molecular weight excluding hydrogens is 289 g/mol. The number of anilines is 1. The maximum Gasteiger partial charge on any atom is 0.446 e. The van der Waals surface area contributed by atoms with Crippen molar-refractivity contribution < 1.29 is 18.0 Å². The van der Waals surface area contributed by atoms with Gasteiger partial charge in [0.2, 0.25) is 5.91 Å². The fourth-order valence-electron chi connectivity index (χ4n) is 1.39. The summed E-state index contributed by atoms with van der Waals surface area (Å²) >= 11 is -0.237. The molecule has 20 heavy (non-hydrogen) atoms. The van der Waals surface area contributed by atoms with Crippen molar-refractivity contribution in [2.45, 2.75) is 36.7 Å². The maximum absolute atomic E-state index is 12.4. The first-order chi connectivity index (χ1) is 9.31. The predicted octanol–water partition coefficient (Wildman–Crippen LogP) is 3.63. The number of hydrogen-bond donors (Lipinski definition) is 2. The highest BCUT2D eigenvalue weighted by Gasteiger charge is 2.30. The molecule has 0 aliphatic heterocycles. The Balaban J connectivity index is 2.65. The number of para-hydroxylation sites is 1. The van der Waals surface area contributed by atoms with Crippen molar-refractivity contribution >= 4 is 23.4 Å². The van der Waals surface area contributed by atoms with E-state index in [1.165, 1.54) is 18.2 Å². The number of thioether (sulfide) groups is 1. The lowest BCUT2D eigenvalue weighted by atomic mass is 10.2. The first kappa shape index (κ1) is 16.8. The number of amides is 1. The van der Waals surface area contributed by atoms with Gasteiger partial charge in [0.1, 0.15) is 0 Å². The Morgan fingerprint density at radius 2 is 2.00 bits per heavy atom. The van der Waals surface area contributed by atoms with Crippen LogP contribution in [0.25, 0.3) is 0 Å². The van der Waals surface area contributed by atoms with Crippen LogP contribution in [-0.2, 0) is 4.79 Å². The molecule has 112 valence electrons. The number of carbonyl (C=O) groups excluding carboxylic acids is 1. The van der Waals surface area contributed by atoms with Crippen LogP contribution < -0.4 is 10.6 Å². The molecule has 0 heterocycles. The third-order valence-corrected chi connectivity index (χ3v) is 3.42. The molecule has 1 rings (SSSR count). The van der Waals surface area contributed by atoms with Crippen LogP contribution in [0.4, 0.5) is 18.9 Å². The second-order valence-electron chi connectivity index (χ2n) is 4.28. The number of alkyl halides is 3. The third-order valence-electron chi connectivity index (χ3n) is 2.61. The van der Waals surface area contributed by atoms with Crippen molar-refractivity contribution in [1.82, 2.24) is 5.32 Å². The topological polar surface area (TPSA) is 41.1 Å². The SMILES string of the molecule is CCC(C)NCC(=O)Nc1ccccc1SC(F)(F)F. The van der Waals surface area contributed by atoms with E-state index in [1.807, 2.05) is 13.8 Å². The number of carbonyl (C=O) groups is 1. The highest BCUT2D eigenvalue weighted by atomic mass is 32.2. The van der Waals surface area contributed by atoms with Gasteiger partial charge in [-0.15, -0.1) is 0 Å². The van der Waals surface area contributed by atoms with Crippen molar-refractivity contribution in [2.24, 2.45) is 0 Å². The van der Waals surface area contributed by atoms with E-state index >= 15 is 0 Å². The summed E-state index contributed by atoms with van der Waals surface area (Å²) in [6, 6.07) is 6.05. The van der Waals surface area contributed by atoms with Gasteiger partial charge in [0, 0.05) is 10.9 Å². The van der Waals surface area contributed by atoms with E-state index in [0.717, 1.165) is 6.42 Å². The molecule has 0 saturated carbocycles. The minimum absolute atomic E-state index is 0.0168. The molecule has 0 saturated heterocycles. The molecule has 0 bridgehead atoms. The Hall–Kier alpha value is -1.21. The number of rotatable bonds is 6. The van der Waals surface area contributed by atoms with Gasteiger partial charge in [0.25, 0.3) is 0 Å². The summed E-state index contributed by atoms with van der Waals surface area (Å²) in [6.45, 7) is 3.98. The standard InChI is InChI=1S/C13H17F3N2OS/c1-3-9(2)17-8-12(19)18-10-6-4-5-7-11(10)20-13(14,15)16/h4-7,9,17H,3,8H2,1-2H3,(H,18,19). The minimum Gasteiger partial charge on any atom is -0.324 e. The Morgan fingerprint density at radius 3 is 2.60 bits per heavy atom. The molecular formula is C13H17F3N2OS. The monoisotopic (exact) mass is 306 g/mol. The van der Waals surface area contributed by atoms with Crippen molar-refractivity contribution in [3.8, 4) is 0 Å². The Morgan fingerprint density at radius 1 is 1.35 bits per heavy atom. The molecule has 1 unspecified atom stereocenters. The highest BCUT2D eigenvalue weighted by molar-refractivity contribution is 8.00. The molecule has 1 amide bonds. The maximum atomic E-state index is 12.4. The van der Waals surface area contributed by atoms with E-state index in [4.69, 9.17) is 0 Å². The summed E-state index contributed by atoms with van der Waals surface area (Å²) in [5, 5.41) is 5.47. The van der Waals surface area contributed by atoms with Crippen LogP contribution in [0.1, 0.15) is 20.3 Å². The summed E-state index contributed by atoms with van der Waals surface area (Å²) in [4.78, 5) is 11.7. The molecule has 0 aliphatic carbocycles. The smallest absolute Gasteiger partial charge is 0.324 e. The lowest BCUT2D eigenvalue weighted by Gasteiger charge is -2.14. The van der Waals surface area contributed by atoms with Gasteiger partial charge in [-0.2, -0.15) is 13.2 Å². The van der Waals surface area contributed by atoms with Gasteiger partial charge < -0.3 is 10.6 Å². The Kier molecular flexibility index (Phi) is 6.35. The van der Waals surface area contributed by atoms with E-state index in [9.17, 15) is 18.0 Å². The molecule has 7 heteroatoms. The van der Waals surface area contributed by atoms with Gasteiger partial charge in [-0.05, 0) is 37.2 Å². The van der Waals surface area contributed by atoms with E-state index in [0.29, 0.717) is 0 Å². The molecule has 3 nitrogen and oxygen atoms in total. The normalized spacial score (nSPS) is 13.1. The fourth-order valence-corrected chi connectivity index (χ4v) is 2.01. The van der Waals surface area contributed by atoms with Crippen molar-refractivity contribution in [2.75, 3.05) is 11.9 Å². The zero-order valence-electron chi connectivity index (χ0n) is 11.3. The number of benzene rings is 1. The summed E-state index contributed by atoms with van der Waals surface area (Å²) in [7, 11) is 0. The number of halogens is 3. The summed E-state index contributed by atoms with van der Waals surface area (Å²) in [5.74, 6) is -0.361. The van der Waals surface area contributed by atoms with Crippen molar-refractivity contribution in [3.05, 3.63) is 24.3 Å². The van der Waals surface area contributed by atoms with Gasteiger partial charge in [0.15, 0.2) is 0 Å².